The van der Waals surface area contributed by atoms with Crippen LogP contribution in [0.15, 0.2) is 48.5 Å². The van der Waals surface area contributed by atoms with Gasteiger partial charge in [0.1, 0.15) is 0 Å². The molecule has 2 N–H and O–H groups in total. The van der Waals surface area contributed by atoms with Gasteiger partial charge in [0.15, 0.2) is 0 Å². The number of aliphatic hydroxyl groups is 1. The standard InChI is InChI=1S/C19H23NO/c1-19(2)13-15-5-3-4-6-17(15)18(19)20-16-9-7-14(8-10-16)11-12-21/h3-10,18,20-21H,11-13H2,1-2H3. The first-order valence-electron chi connectivity index (χ1n) is 7.64. The lowest BCUT2D eigenvalue weighted by molar-refractivity contribution is 0.299. The van der Waals surface area contributed by atoms with Crippen molar-refractivity contribution in [3.63, 3.8) is 0 Å². The van der Waals surface area contributed by atoms with Gasteiger partial charge in [-0.05, 0) is 47.1 Å². The Labute approximate surface area is 126 Å². The van der Waals surface area contributed by atoms with E-state index in [2.05, 4.69) is 67.7 Å². The minimum Gasteiger partial charge on any atom is -0.396 e. The van der Waals surface area contributed by atoms with Crippen LogP contribution in [0.3, 0.4) is 0 Å². The Kier molecular flexibility index (Phi) is 3.73. The van der Waals surface area contributed by atoms with Gasteiger partial charge in [0.05, 0.1) is 6.04 Å². The van der Waals surface area contributed by atoms with Crippen molar-refractivity contribution in [2.45, 2.75) is 32.7 Å². The summed E-state index contributed by atoms with van der Waals surface area (Å²) in [5.41, 5.74) is 5.41. The normalized spacial score (nSPS) is 19.3. The largest absolute Gasteiger partial charge is 0.396 e. The molecule has 2 aromatic rings. The number of rotatable bonds is 4. The van der Waals surface area contributed by atoms with E-state index in [0.29, 0.717) is 6.04 Å². The molecule has 2 aromatic carbocycles. The highest BCUT2D eigenvalue weighted by Gasteiger charge is 2.38. The summed E-state index contributed by atoms with van der Waals surface area (Å²) in [7, 11) is 0. The van der Waals surface area contributed by atoms with E-state index in [1.165, 1.54) is 16.7 Å². The molecule has 0 heterocycles. The van der Waals surface area contributed by atoms with Gasteiger partial charge in [-0.25, -0.2) is 0 Å². The van der Waals surface area contributed by atoms with E-state index in [1.54, 1.807) is 0 Å². The number of hydrogen-bond donors (Lipinski definition) is 2. The van der Waals surface area contributed by atoms with Crippen LogP contribution in [0.5, 0.6) is 0 Å². The van der Waals surface area contributed by atoms with E-state index in [-0.39, 0.29) is 12.0 Å². The Balaban J connectivity index is 1.83. The maximum atomic E-state index is 8.98. The fourth-order valence-electron chi connectivity index (χ4n) is 3.33. The molecule has 1 unspecified atom stereocenters. The van der Waals surface area contributed by atoms with Crippen molar-refractivity contribution >= 4 is 5.69 Å². The van der Waals surface area contributed by atoms with Gasteiger partial charge in [-0.15, -0.1) is 0 Å². The molecule has 0 aliphatic heterocycles. The second-order valence-corrected chi connectivity index (χ2v) is 6.61. The van der Waals surface area contributed by atoms with Gasteiger partial charge in [0.25, 0.3) is 0 Å². The van der Waals surface area contributed by atoms with E-state index in [0.717, 1.165) is 18.5 Å². The zero-order valence-corrected chi connectivity index (χ0v) is 12.8. The smallest absolute Gasteiger partial charge is 0.0570 e. The summed E-state index contributed by atoms with van der Waals surface area (Å²) in [5.74, 6) is 0. The fourth-order valence-corrected chi connectivity index (χ4v) is 3.33. The molecule has 3 rings (SSSR count). The molecule has 2 heteroatoms. The molecule has 0 bridgehead atoms. The number of aliphatic hydroxyl groups excluding tert-OH is 1. The van der Waals surface area contributed by atoms with Crippen molar-refractivity contribution in [2.24, 2.45) is 5.41 Å². The molecular formula is C19H23NO. The monoisotopic (exact) mass is 281 g/mol. The molecule has 0 spiro atoms. The van der Waals surface area contributed by atoms with Crippen molar-refractivity contribution in [3.05, 3.63) is 65.2 Å². The van der Waals surface area contributed by atoms with Crippen LogP contribution in [0, 0.1) is 5.41 Å². The van der Waals surface area contributed by atoms with Gasteiger partial charge < -0.3 is 10.4 Å². The van der Waals surface area contributed by atoms with Gasteiger partial charge in [-0.1, -0.05) is 50.2 Å². The van der Waals surface area contributed by atoms with Crippen LogP contribution in [-0.2, 0) is 12.8 Å². The third kappa shape index (κ3) is 2.81. The van der Waals surface area contributed by atoms with E-state index in [4.69, 9.17) is 5.11 Å². The summed E-state index contributed by atoms with van der Waals surface area (Å²) >= 11 is 0. The summed E-state index contributed by atoms with van der Waals surface area (Å²) < 4.78 is 0. The third-order valence-electron chi connectivity index (χ3n) is 4.46. The van der Waals surface area contributed by atoms with Crippen molar-refractivity contribution in [2.75, 3.05) is 11.9 Å². The maximum Gasteiger partial charge on any atom is 0.0570 e. The summed E-state index contributed by atoms with van der Waals surface area (Å²) in [6.45, 7) is 4.85. The zero-order valence-electron chi connectivity index (χ0n) is 12.8. The Bertz CT molecular complexity index is 616. The Morgan fingerprint density at radius 1 is 1.10 bits per heavy atom. The molecule has 110 valence electrons. The molecule has 1 aliphatic rings. The van der Waals surface area contributed by atoms with E-state index in [1.807, 2.05) is 0 Å². The molecular weight excluding hydrogens is 258 g/mol. The second kappa shape index (κ2) is 5.53. The van der Waals surface area contributed by atoms with Gasteiger partial charge >= 0.3 is 0 Å². The second-order valence-electron chi connectivity index (χ2n) is 6.61. The lowest BCUT2D eigenvalue weighted by atomic mass is 9.85. The first-order valence-corrected chi connectivity index (χ1v) is 7.64. The summed E-state index contributed by atoms with van der Waals surface area (Å²) in [6, 6.07) is 17.5. The summed E-state index contributed by atoms with van der Waals surface area (Å²) in [6.07, 6.45) is 1.83. The van der Waals surface area contributed by atoms with Crippen LogP contribution < -0.4 is 5.32 Å². The van der Waals surface area contributed by atoms with Crippen molar-refractivity contribution in [3.8, 4) is 0 Å². The van der Waals surface area contributed by atoms with Crippen molar-refractivity contribution in [1.82, 2.24) is 0 Å². The molecule has 0 aromatic heterocycles. The molecule has 21 heavy (non-hydrogen) atoms. The number of nitrogens with one attached hydrogen (secondary N) is 1. The van der Waals surface area contributed by atoms with Crippen molar-refractivity contribution in [1.29, 1.82) is 0 Å². The van der Waals surface area contributed by atoms with E-state index in [9.17, 15) is 0 Å². The average Bonchev–Trinajstić information content (AvgIpc) is 2.72. The van der Waals surface area contributed by atoms with Crippen LogP contribution in [-0.4, -0.2) is 11.7 Å². The highest BCUT2D eigenvalue weighted by Crippen LogP contribution is 2.46. The van der Waals surface area contributed by atoms with Crippen LogP contribution in [0.4, 0.5) is 5.69 Å². The summed E-state index contributed by atoms with van der Waals surface area (Å²) in [5, 5.41) is 12.7. The molecule has 1 atom stereocenters. The highest BCUT2D eigenvalue weighted by atomic mass is 16.2. The molecule has 1 aliphatic carbocycles. The molecule has 0 saturated carbocycles. The van der Waals surface area contributed by atoms with Crippen LogP contribution in [0.2, 0.25) is 0 Å². The predicted octanol–water partition coefficient (Wildman–Crippen LogP) is 3.96. The third-order valence-corrected chi connectivity index (χ3v) is 4.46. The average molecular weight is 281 g/mol. The first kappa shape index (κ1) is 14.2. The Morgan fingerprint density at radius 2 is 1.81 bits per heavy atom. The summed E-state index contributed by atoms with van der Waals surface area (Å²) in [4.78, 5) is 0. The molecule has 0 fully saturated rings. The number of benzene rings is 2. The van der Waals surface area contributed by atoms with E-state index >= 15 is 0 Å². The number of fused-ring (bicyclic) bond motifs is 1. The minimum atomic E-state index is 0.204. The SMILES string of the molecule is CC1(C)Cc2ccccc2C1Nc1ccc(CCO)cc1. The number of hydrogen-bond acceptors (Lipinski definition) is 2. The zero-order chi connectivity index (χ0) is 14.9. The van der Waals surface area contributed by atoms with Gasteiger partial charge in [0, 0.05) is 12.3 Å². The molecule has 0 saturated heterocycles. The van der Waals surface area contributed by atoms with Gasteiger partial charge in [-0.3, -0.25) is 0 Å². The van der Waals surface area contributed by atoms with Crippen LogP contribution >= 0.6 is 0 Å². The maximum absolute atomic E-state index is 8.98. The number of anilines is 1. The van der Waals surface area contributed by atoms with Crippen LogP contribution in [0.25, 0.3) is 0 Å². The van der Waals surface area contributed by atoms with Crippen LogP contribution in [0.1, 0.15) is 36.6 Å². The highest BCUT2D eigenvalue weighted by molar-refractivity contribution is 5.50. The molecule has 0 radical (unpaired) electrons. The quantitative estimate of drug-likeness (QED) is 0.889. The van der Waals surface area contributed by atoms with Crippen molar-refractivity contribution < 1.29 is 5.11 Å². The first-order chi connectivity index (χ1) is 10.1. The Hall–Kier alpha value is -1.80. The van der Waals surface area contributed by atoms with Gasteiger partial charge in [-0.2, -0.15) is 0 Å². The Morgan fingerprint density at radius 3 is 2.52 bits per heavy atom. The lowest BCUT2D eigenvalue weighted by Gasteiger charge is -2.29. The lowest BCUT2D eigenvalue weighted by Crippen LogP contribution is -2.24. The molecule has 2 nitrogen and oxygen atoms in total. The molecule has 0 amide bonds. The predicted molar refractivity (Wildman–Crippen MR) is 87.5 cm³/mol. The van der Waals surface area contributed by atoms with E-state index < -0.39 is 0 Å². The topological polar surface area (TPSA) is 32.3 Å². The fraction of sp³-hybridized carbons (Fsp3) is 0.368. The minimum absolute atomic E-state index is 0.204. The van der Waals surface area contributed by atoms with Gasteiger partial charge in [0.2, 0.25) is 0 Å².